The molecule has 0 bridgehead atoms. The largest absolute Gasteiger partial charge is 0.377 e. The van der Waals surface area contributed by atoms with Crippen molar-refractivity contribution in [1.82, 2.24) is 9.97 Å². The molecule has 0 amide bonds. The molecular weight excluding hydrogens is 258 g/mol. The lowest BCUT2D eigenvalue weighted by Crippen LogP contribution is -2.24. The summed E-state index contributed by atoms with van der Waals surface area (Å²) in [7, 11) is 1.98. The number of halogens is 1. The van der Waals surface area contributed by atoms with Gasteiger partial charge in [0.1, 0.15) is 16.7 Å². The highest BCUT2D eigenvalue weighted by Gasteiger charge is 2.03. The molecule has 0 saturated carbocycles. The van der Waals surface area contributed by atoms with Gasteiger partial charge >= 0.3 is 0 Å². The van der Waals surface area contributed by atoms with Gasteiger partial charge in [0.05, 0.1) is 12.7 Å². The lowest BCUT2D eigenvalue weighted by molar-refractivity contribution is 0.0845. The van der Waals surface area contributed by atoms with E-state index in [9.17, 15) is 0 Å². The summed E-state index contributed by atoms with van der Waals surface area (Å²) in [6.45, 7) is 5.58. The molecule has 84 valence electrons. The highest BCUT2D eigenvalue weighted by molar-refractivity contribution is 9.10. The Balaban J connectivity index is 2.43. The predicted octanol–water partition coefficient (Wildman–Crippen LogP) is 2.10. The van der Waals surface area contributed by atoms with Crippen molar-refractivity contribution in [3.05, 3.63) is 17.0 Å². The molecule has 0 atom stereocenters. The normalized spacial score (nSPS) is 10.7. The van der Waals surface area contributed by atoms with Crippen LogP contribution in [0.1, 0.15) is 13.8 Å². The summed E-state index contributed by atoms with van der Waals surface area (Å²) in [6, 6.07) is 1.88. The van der Waals surface area contributed by atoms with Gasteiger partial charge < -0.3 is 9.64 Å². The maximum absolute atomic E-state index is 5.47. The first-order valence-corrected chi connectivity index (χ1v) is 5.69. The maximum Gasteiger partial charge on any atom is 0.132 e. The molecule has 0 spiro atoms. The van der Waals surface area contributed by atoms with E-state index in [0.29, 0.717) is 6.61 Å². The summed E-state index contributed by atoms with van der Waals surface area (Å²) in [5.74, 6) is 0.893. The monoisotopic (exact) mass is 273 g/mol. The van der Waals surface area contributed by atoms with E-state index in [1.165, 1.54) is 0 Å². The maximum atomic E-state index is 5.47. The molecule has 1 rings (SSSR count). The van der Waals surface area contributed by atoms with Crippen LogP contribution in [0, 0.1) is 0 Å². The number of hydrogen-bond acceptors (Lipinski definition) is 4. The third kappa shape index (κ3) is 4.57. The second-order valence-corrected chi connectivity index (χ2v) is 4.35. The number of rotatable bonds is 5. The SMILES string of the molecule is CC(C)OCCN(C)c1cc(Br)ncn1. The second kappa shape index (κ2) is 6.02. The first kappa shape index (κ1) is 12.4. The lowest BCUT2D eigenvalue weighted by atomic mass is 10.4. The summed E-state index contributed by atoms with van der Waals surface area (Å²) >= 11 is 3.31. The number of ether oxygens (including phenoxy) is 1. The number of likely N-dealkylation sites (N-methyl/N-ethyl adjacent to an activating group) is 1. The fourth-order valence-electron chi connectivity index (χ4n) is 1.07. The van der Waals surface area contributed by atoms with E-state index in [1.54, 1.807) is 6.33 Å². The third-order valence-electron chi connectivity index (χ3n) is 1.89. The van der Waals surface area contributed by atoms with E-state index in [1.807, 2.05) is 31.9 Å². The first-order chi connectivity index (χ1) is 7.09. The second-order valence-electron chi connectivity index (χ2n) is 3.54. The van der Waals surface area contributed by atoms with Crippen LogP contribution in [0.15, 0.2) is 17.0 Å². The van der Waals surface area contributed by atoms with Gasteiger partial charge in [-0.1, -0.05) is 0 Å². The molecule has 1 aromatic heterocycles. The zero-order valence-electron chi connectivity index (χ0n) is 9.27. The molecule has 1 aromatic rings. The Kier molecular flexibility index (Phi) is 4.98. The van der Waals surface area contributed by atoms with Crippen LogP contribution in [0.5, 0.6) is 0 Å². The Morgan fingerprint density at radius 2 is 2.20 bits per heavy atom. The van der Waals surface area contributed by atoms with E-state index in [-0.39, 0.29) is 6.10 Å². The molecule has 0 aliphatic heterocycles. The molecule has 15 heavy (non-hydrogen) atoms. The molecule has 1 heterocycles. The van der Waals surface area contributed by atoms with Crippen LogP contribution < -0.4 is 4.90 Å². The summed E-state index contributed by atoms with van der Waals surface area (Å²) < 4.78 is 6.26. The molecule has 0 unspecified atom stereocenters. The lowest BCUT2D eigenvalue weighted by Gasteiger charge is -2.18. The zero-order valence-corrected chi connectivity index (χ0v) is 10.9. The minimum Gasteiger partial charge on any atom is -0.377 e. The van der Waals surface area contributed by atoms with Crippen molar-refractivity contribution < 1.29 is 4.74 Å². The number of hydrogen-bond donors (Lipinski definition) is 0. The Morgan fingerprint density at radius 3 is 2.80 bits per heavy atom. The van der Waals surface area contributed by atoms with E-state index in [0.717, 1.165) is 17.0 Å². The smallest absolute Gasteiger partial charge is 0.132 e. The quantitative estimate of drug-likeness (QED) is 0.771. The van der Waals surface area contributed by atoms with Crippen molar-refractivity contribution in [1.29, 1.82) is 0 Å². The third-order valence-corrected chi connectivity index (χ3v) is 2.32. The Hall–Kier alpha value is -0.680. The Morgan fingerprint density at radius 1 is 1.47 bits per heavy atom. The van der Waals surface area contributed by atoms with Crippen molar-refractivity contribution in [2.75, 3.05) is 25.1 Å². The Bertz CT molecular complexity index is 306. The molecule has 0 N–H and O–H groups in total. The molecule has 4 nitrogen and oxygen atoms in total. The van der Waals surface area contributed by atoms with E-state index in [2.05, 4.69) is 25.9 Å². The van der Waals surface area contributed by atoms with Crippen LogP contribution in [-0.4, -0.2) is 36.3 Å². The fourth-order valence-corrected chi connectivity index (χ4v) is 1.37. The molecule has 0 radical (unpaired) electrons. The van der Waals surface area contributed by atoms with Crippen LogP contribution >= 0.6 is 15.9 Å². The molecule has 0 aromatic carbocycles. The van der Waals surface area contributed by atoms with Gasteiger partial charge in [-0.05, 0) is 29.8 Å². The van der Waals surface area contributed by atoms with Crippen molar-refractivity contribution >= 4 is 21.7 Å². The van der Waals surface area contributed by atoms with Gasteiger partial charge in [0.2, 0.25) is 0 Å². The Labute approximate surface area is 98.8 Å². The summed E-state index contributed by atoms with van der Waals surface area (Å²) in [5.41, 5.74) is 0. The zero-order chi connectivity index (χ0) is 11.3. The van der Waals surface area contributed by atoms with Crippen LogP contribution in [0.25, 0.3) is 0 Å². The van der Waals surface area contributed by atoms with E-state index < -0.39 is 0 Å². The van der Waals surface area contributed by atoms with Crippen LogP contribution in [0.3, 0.4) is 0 Å². The molecular formula is C10H16BrN3O. The minimum absolute atomic E-state index is 0.274. The van der Waals surface area contributed by atoms with E-state index in [4.69, 9.17) is 4.74 Å². The number of aromatic nitrogens is 2. The topological polar surface area (TPSA) is 38.2 Å². The number of nitrogens with zero attached hydrogens (tertiary/aromatic N) is 3. The van der Waals surface area contributed by atoms with Gasteiger partial charge in [-0.2, -0.15) is 0 Å². The summed E-state index contributed by atoms with van der Waals surface area (Å²) in [5, 5.41) is 0. The predicted molar refractivity (Wildman–Crippen MR) is 64.1 cm³/mol. The minimum atomic E-state index is 0.274. The van der Waals surface area contributed by atoms with Crippen molar-refractivity contribution in [2.24, 2.45) is 0 Å². The van der Waals surface area contributed by atoms with Crippen molar-refractivity contribution in [3.63, 3.8) is 0 Å². The highest BCUT2D eigenvalue weighted by atomic mass is 79.9. The van der Waals surface area contributed by atoms with Gasteiger partial charge in [0.25, 0.3) is 0 Å². The molecule has 0 saturated heterocycles. The average Bonchev–Trinajstić information content (AvgIpc) is 2.17. The summed E-state index contributed by atoms with van der Waals surface area (Å²) in [6.07, 6.45) is 1.81. The van der Waals surface area contributed by atoms with Gasteiger partial charge in [0, 0.05) is 19.7 Å². The van der Waals surface area contributed by atoms with Crippen LogP contribution in [-0.2, 0) is 4.74 Å². The van der Waals surface area contributed by atoms with Gasteiger partial charge in [-0.25, -0.2) is 9.97 Å². The number of anilines is 1. The molecule has 0 aliphatic rings. The van der Waals surface area contributed by atoms with Gasteiger partial charge in [0.15, 0.2) is 0 Å². The van der Waals surface area contributed by atoms with Crippen molar-refractivity contribution in [2.45, 2.75) is 20.0 Å². The van der Waals surface area contributed by atoms with Crippen LogP contribution in [0.4, 0.5) is 5.82 Å². The average molecular weight is 274 g/mol. The molecule has 0 fully saturated rings. The van der Waals surface area contributed by atoms with Crippen LogP contribution in [0.2, 0.25) is 0 Å². The standard InChI is InChI=1S/C10H16BrN3O/c1-8(2)15-5-4-14(3)10-6-9(11)12-7-13-10/h6-8H,4-5H2,1-3H3. The van der Waals surface area contributed by atoms with Crippen molar-refractivity contribution in [3.8, 4) is 0 Å². The van der Waals surface area contributed by atoms with E-state index >= 15 is 0 Å². The highest BCUT2D eigenvalue weighted by Crippen LogP contribution is 2.12. The molecule has 5 heteroatoms. The first-order valence-electron chi connectivity index (χ1n) is 4.90. The molecule has 0 aliphatic carbocycles. The fraction of sp³-hybridized carbons (Fsp3) is 0.600. The van der Waals surface area contributed by atoms with Gasteiger partial charge in [-0.3, -0.25) is 0 Å². The van der Waals surface area contributed by atoms with Gasteiger partial charge in [-0.15, -0.1) is 0 Å². The summed E-state index contributed by atoms with van der Waals surface area (Å²) in [4.78, 5) is 10.2.